The number of para-hydroxylation sites is 1. The smallest absolute Gasteiger partial charge is 0.339 e. The van der Waals surface area contributed by atoms with Crippen LogP contribution in [0.3, 0.4) is 0 Å². The van der Waals surface area contributed by atoms with Crippen LogP contribution in [0.5, 0.6) is 11.5 Å². The van der Waals surface area contributed by atoms with Crippen LogP contribution in [0.25, 0.3) is 22.6 Å². The molecule has 8 heteroatoms. The number of nitriles is 1. The van der Waals surface area contributed by atoms with Crippen LogP contribution in [-0.4, -0.2) is 37.7 Å². The molecule has 3 aromatic carbocycles. The molecule has 0 atom stereocenters. The molecular formula is C31H25N3O5. The molecule has 0 fully saturated rings. The van der Waals surface area contributed by atoms with Crippen molar-refractivity contribution in [3.05, 3.63) is 94.7 Å². The van der Waals surface area contributed by atoms with Gasteiger partial charge in [-0.15, -0.1) is 0 Å². The topological polar surface area (TPSA) is 111 Å². The van der Waals surface area contributed by atoms with Crippen LogP contribution < -0.4 is 14.8 Å². The second kappa shape index (κ2) is 11.1. The van der Waals surface area contributed by atoms with Crippen LogP contribution >= 0.6 is 0 Å². The Hall–Kier alpha value is -5.16. The highest BCUT2D eigenvalue weighted by Gasteiger charge is 2.28. The summed E-state index contributed by atoms with van der Waals surface area (Å²) in [6, 6.07) is 21.6. The molecule has 0 unspecified atom stereocenters. The van der Waals surface area contributed by atoms with Crippen LogP contribution in [0.4, 0.5) is 5.69 Å². The maximum atomic E-state index is 13.4. The molecule has 1 amide bonds. The minimum Gasteiger partial charge on any atom is -0.493 e. The van der Waals surface area contributed by atoms with Gasteiger partial charge in [-0.05, 0) is 72.0 Å². The number of carbonyl (C=O) groups is 2. The minimum absolute atomic E-state index is 0.417. The molecule has 0 radical (unpaired) electrons. The quantitative estimate of drug-likeness (QED) is 0.325. The number of methoxy groups -OCH3 is 2. The third kappa shape index (κ3) is 5.29. The Bertz CT molecular complexity index is 1670. The Morgan fingerprint density at radius 3 is 2.62 bits per heavy atom. The third-order valence-electron chi connectivity index (χ3n) is 6.50. The molecule has 1 heterocycles. The second-order valence-electron chi connectivity index (χ2n) is 8.93. The van der Waals surface area contributed by atoms with Gasteiger partial charge >= 0.3 is 5.97 Å². The molecule has 1 aliphatic carbocycles. The van der Waals surface area contributed by atoms with Gasteiger partial charge < -0.3 is 19.5 Å². The van der Waals surface area contributed by atoms with Crippen molar-refractivity contribution >= 4 is 40.1 Å². The van der Waals surface area contributed by atoms with E-state index < -0.39 is 18.5 Å². The number of pyridine rings is 1. The predicted molar refractivity (Wildman–Crippen MR) is 148 cm³/mol. The number of hydrogen-bond donors (Lipinski definition) is 1. The zero-order valence-corrected chi connectivity index (χ0v) is 21.5. The molecule has 8 nitrogen and oxygen atoms in total. The highest BCUT2D eigenvalue weighted by atomic mass is 16.5. The first-order valence-corrected chi connectivity index (χ1v) is 12.3. The third-order valence-corrected chi connectivity index (χ3v) is 6.50. The number of nitrogens with zero attached hydrogens (tertiary/aromatic N) is 2. The monoisotopic (exact) mass is 519 g/mol. The van der Waals surface area contributed by atoms with Crippen molar-refractivity contribution < 1.29 is 23.8 Å². The summed E-state index contributed by atoms with van der Waals surface area (Å²) in [5, 5.41) is 12.4. The molecule has 0 spiro atoms. The lowest BCUT2D eigenvalue weighted by molar-refractivity contribution is -0.119. The van der Waals surface area contributed by atoms with Gasteiger partial charge in [0.1, 0.15) is 0 Å². The number of nitrogens with one attached hydrogen (secondary N) is 1. The first-order chi connectivity index (χ1) is 19.0. The fourth-order valence-corrected chi connectivity index (χ4v) is 4.72. The van der Waals surface area contributed by atoms with Crippen molar-refractivity contribution in [3.8, 4) is 17.6 Å². The van der Waals surface area contributed by atoms with E-state index in [0.717, 1.165) is 22.4 Å². The van der Waals surface area contributed by atoms with Crippen molar-refractivity contribution in [1.29, 1.82) is 5.26 Å². The lowest BCUT2D eigenvalue weighted by Crippen LogP contribution is -2.21. The van der Waals surface area contributed by atoms with Gasteiger partial charge in [-0.3, -0.25) is 4.79 Å². The Kier molecular flexibility index (Phi) is 7.23. The highest BCUT2D eigenvalue weighted by molar-refractivity contribution is 6.08. The van der Waals surface area contributed by atoms with Gasteiger partial charge in [-0.1, -0.05) is 30.3 Å². The lowest BCUT2D eigenvalue weighted by Gasteiger charge is -2.13. The number of carbonyl (C=O) groups excluding carboxylic acids is 2. The molecule has 0 bridgehead atoms. The largest absolute Gasteiger partial charge is 0.493 e. The molecule has 1 aliphatic rings. The van der Waals surface area contributed by atoms with E-state index in [1.807, 2.05) is 54.6 Å². The van der Waals surface area contributed by atoms with E-state index in [0.29, 0.717) is 52.1 Å². The summed E-state index contributed by atoms with van der Waals surface area (Å²) in [5.74, 6) is 0.182. The van der Waals surface area contributed by atoms with Gasteiger partial charge in [0.2, 0.25) is 0 Å². The van der Waals surface area contributed by atoms with E-state index in [1.54, 1.807) is 38.5 Å². The van der Waals surface area contributed by atoms with Crippen molar-refractivity contribution in [1.82, 2.24) is 4.98 Å². The number of amides is 1. The summed E-state index contributed by atoms with van der Waals surface area (Å²) in [6.07, 6.45) is 3.35. The fourth-order valence-electron chi connectivity index (χ4n) is 4.72. The molecule has 1 aromatic heterocycles. The van der Waals surface area contributed by atoms with Gasteiger partial charge in [0, 0.05) is 11.1 Å². The molecular weight excluding hydrogens is 494 g/mol. The van der Waals surface area contributed by atoms with Crippen LogP contribution in [0.1, 0.15) is 39.2 Å². The van der Waals surface area contributed by atoms with E-state index in [2.05, 4.69) is 5.32 Å². The first-order valence-electron chi connectivity index (χ1n) is 12.3. The summed E-state index contributed by atoms with van der Waals surface area (Å²) in [5.41, 5.74) is 5.42. The van der Waals surface area contributed by atoms with Crippen LogP contribution in [0.15, 0.2) is 66.7 Å². The zero-order chi connectivity index (χ0) is 27.4. The van der Waals surface area contributed by atoms with E-state index in [4.69, 9.17) is 24.5 Å². The average molecular weight is 520 g/mol. The number of fused-ring (bicyclic) bond motifs is 2. The van der Waals surface area contributed by atoms with Gasteiger partial charge in [-0.25, -0.2) is 9.78 Å². The maximum absolute atomic E-state index is 13.4. The van der Waals surface area contributed by atoms with Gasteiger partial charge in [0.25, 0.3) is 5.91 Å². The van der Waals surface area contributed by atoms with E-state index in [9.17, 15) is 9.59 Å². The molecule has 194 valence electrons. The van der Waals surface area contributed by atoms with Gasteiger partial charge in [-0.2, -0.15) is 5.26 Å². The summed E-state index contributed by atoms with van der Waals surface area (Å²) in [7, 11) is 3.18. The minimum atomic E-state index is -0.585. The second-order valence-corrected chi connectivity index (χ2v) is 8.93. The normalized spacial score (nSPS) is 13.0. The van der Waals surface area contributed by atoms with Gasteiger partial charge in [0.05, 0.1) is 42.6 Å². The number of benzene rings is 3. The number of ether oxygens (including phenoxy) is 3. The van der Waals surface area contributed by atoms with Crippen LogP contribution in [0, 0.1) is 11.3 Å². The molecule has 0 aliphatic heterocycles. The number of aromatic nitrogens is 1. The zero-order valence-electron chi connectivity index (χ0n) is 21.5. The molecule has 0 saturated carbocycles. The summed E-state index contributed by atoms with van der Waals surface area (Å²) < 4.78 is 16.2. The van der Waals surface area contributed by atoms with Crippen molar-refractivity contribution in [2.24, 2.45) is 0 Å². The lowest BCUT2D eigenvalue weighted by atomic mass is 10.0. The van der Waals surface area contributed by atoms with Crippen LogP contribution in [0.2, 0.25) is 0 Å². The van der Waals surface area contributed by atoms with E-state index in [1.165, 1.54) is 0 Å². The van der Waals surface area contributed by atoms with Crippen molar-refractivity contribution in [3.63, 3.8) is 0 Å². The van der Waals surface area contributed by atoms with E-state index >= 15 is 0 Å². The number of rotatable bonds is 7. The summed E-state index contributed by atoms with van der Waals surface area (Å²) in [6.45, 7) is -0.463. The fraction of sp³-hybridized carbons (Fsp3) is 0.161. The molecule has 4 aromatic rings. The molecule has 1 N–H and O–H groups in total. The number of esters is 1. The van der Waals surface area contributed by atoms with Crippen LogP contribution in [-0.2, 0) is 16.0 Å². The highest BCUT2D eigenvalue weighted by Crippen LogP contribution is 2.38. The predicted octanol–water partition coefficient (Wildman–Crippen LogP) is 5.41. The Labute approximate surface area is 225 Å². The summed E-state index contributed by atoms with van der Waals surface area (Å²) in [4.78, 5) is 30.7. The first kappa shape index (κ1) is 25.5. The number of allylic oxidation sites excluding steroid dienone is 1. The van der Waals surface area contributed by atoms with Gasteiger partial charge in [0.15, 0.2) is 18.1 Å². The molecule has 0 saturated heterocycles. The Balaban J connectivity index is 1.43. The van der Waals surface area contributed by atoms with E-state index in [-0.39, 0.29) is 0 Å². The maximum Gasteiger partial charge on any atom is 0.339 e. The Morgan fingerprint density at radius 2 is 1.82 bits per heavy atom. The standard InChI is InChI=1S/C31H25N3O5/c1-37-26-13-10-19(16-27(26)38-2)14-21-11-12-24-29(23-8-3-4-9-25(23)34-30(21)24)31(36)39-18-28(35)33-22-7-5-6-20(15-22)17-32/h3-10,13-16H,11-12,18H2,1-2H3,(H,33,35). The molecule has 39 heavy (non-hydrogen) atoms. The Morgan fingerprint density at radius 1 is 1.00 bits per heavy atom. The number of anilines is 1. The van der Waals surface area contributed by atoms with Crippen molar-refractivity contribution in [2.45, 2.75) is 12.8 Å². The number of hydrogen-bond acceptors (Lipinski definition) is 7. The van der Waals surface area contributed by atoms with Crippen molar-refractivity contribution in [2.75, 3.05) is 26.1 Å². The summed E-state index contributed by atoms with van der Waals surface area (Å²) >= 11 is 0. The SMILES string of the molecule is COc1ccc(C=C2CCc3c2nc2ccccc2c3C(=O)OCC(=O)Nc2cccc(C#N)c2)cc1OC. The average Bonchev–Trinajstić information content (AvgIpc) is 3.36. The molecule has 5 rings (SSSR count).